The molecule has 0 bridgehead atoms. The van der Waals surface area contributed by atoms with Crippen molar-refractivity contribution >= 4 is 10.8 Å². The molecule has 2 atom stereocenters. The molecule has 24 heavy (non-hydrogen) atoms. The predicted molar refractivity (Wildman–Crippen MR) is 92.4 cm³/mol. The van der Waals surface area contributed by atoms with Crippen molar-refractivity contribution in [3.8, 4) is 11.5 Å². The van der Waals surface area contributed by atoms with E-state index in [9.17, 15) is 0 Å². The lowest BCUT2D eigenvalue weighted by Gasteiger charge is -2.28. The lowest BCUT2D eigenvalue weighted by Crippen LogP contribution is -2.27. The van der Waals surface area contributed by atoms with E-state index in [-0.39, 0.29) is 12.6 Å². The van der Waals surface area contributed by atoms with Crippen molar-refractivity contribution in [2.45, 2.75) is 51.1 Å². The first kappa shape index (κ1) is 15.7. The molecule has 2 heterocycles. The summed E-state index contributed by atoms with van der Waals surface area (Å²) in [5, 5.41) is 2.19. The molecule has 4 heteroatoms. The molecule has 2 fully saturated rings. The molecular formula is C20H24O4. The summed E-state index contributed by atoms with van der Waals surface area (Å²) < 4.78 is 23.9. The maximum Gasteiger partial charge on any atom is 0.200 e. The minimum atomic E-state index is -0.195. The van der Waals surface area contributed by atoms with Crippen molar-refractivity contribution in [1.82, 2.24) is 0 Å². The second kappa shape index (κ2) is 7.41. The molecule has 4 nitrogen and oxygen atoms in total. The number of ether oxygens (including phenoxy) is 4. The largest absolute Gasteiger partial charge is 0.461 e. The Balaban J connectivity index is 1.64. The molecule has 2 aromatic carbocycles. The van der Waals surface area contributed by atoms with E-state index in [0.29, 0.717) is 0 Å². The maximum atomic E-state index is 6.24. The summed E-state index contributed by atoms with van der Waals surface area (Å²) in [6.45, 7) is 1.53. The van der Waals surface area contributed by atoms with Crippen LogP contribution in [0.1, 0.15) is 38.5 Å². The van der Waals surface area contributed by atoms with Crippen molar-refractivity contribution < 1.29 is 18.9 Å². The van der Waals surface area contributed by atoms with Crippen LogP contribution in [0.25, 0.3) is 10.8 Å². The minimum absolute atomic E-state index is 0.186. The summed E-state index contributed by atoms with van der Waals surface area (Å²) in [6.07, 6.45) is 5.95. The molecular weight excluding hydrogens is 304 g/mol. The molecule has 128 valence electrons. The van der Waals surface area contributed by atoms with Crippen LogP contribution in [-0.2, 0) is 9.47 Å². The molecule has 0 radical (unpaired) electrons. The van der Waals surface area contributed by atoms with Gasteiger partial charge in [0.05, 0.1) is 13.2 Å². The first-order valence-corrected chi connectivity index (χ1v) is 8.98. The monoisotopic (exact) mass is 328 g/mol. The Labute approximate surface area is 142 Å². The Bertz CT molecular complexity index is 672. The van der Waals surface area contributed by atoms with Crippen LogP contribution >= 0.6 is 0 Å². The predicted octanol–water partition coefficient (Wildman–Crippen LogP) is 4.65. The van der Waals surface area contributed by atoms with E-state index in [1.165, 1.54) is 0 Å². The minimum Gasteiger partial charge on any atom is -0.461 e. The third-order valence-corrected chi connectivity index (χ3v) is 4.63. The molecule has 0 aliphatic carbocycles. The summed E-state index contributed by atoms with van der Waals surface area (Å²) in [4.78, 5) is 0. The highest BCUT2D eigenvalue weighted by Gasteiger charge is 2.22. The van der Waals surface area contributed by atoms with Gasteiger partial charge in [-0.25, -0.2) is 0 Å². The average Bonchev–Trinajstić information content (AvgIpc) is 2.65. The fourth-order valence-corrected chi connectivity index (χ4v) is 3.32. The molecule has 0 N–H and O–H groups in total. The van der Waals surface area contributed by atoms with Gasteiger partial charge in [0.25, 0.3) is 0 Å². The van der Waals surface area contributed by atoms with Gasteiger partial charge in [-0.3, -0.25) is 0 Å². The number of hydrogen-bond acceptors (Lipinski definition) is 4. The van der Waals surface area contributed by atoms with Crippen molar-refractivity contribution in [3.63, 3.8) is 0 Å². The molecule has 2 aromatic rings. The van der Waals surface area contributed by atoms with E-state index in [4.69, 9.17) is 18.9 Å². The van der Waals surface area contributed by atoms with Crippen molar-refractivity contribution in [2.24, 2.45) is 0 Å². The quantitative estimate of drug-likeness (QED) is 0.818. The SMILES string of the molecule is c1ccc2c(OC3CCCCO3)c(OC3CCCCO3)ccc2c1. The van der Waals surface area contributed by atoms with Crippen LogP contribution in [0.3, 0.4) is 0 Å². The first-order valence-electron chi connectivity index (χ1n) is 8.98. The van der Waals surface area contributed by atoms with Crippen LogP contribution in [-0.4, -0.2) is 25.8 Å². The van der Waals surface area contributed by atoms with Gasteiger partial charge in [-0.15, -0.1) is 0 Å². The van der Waals surface area contributed by atoms with Crippen LogP contribution in [0.2, 0.25) is 0 Å². The van der Waals surface area contributed by atoms with Crippen LogP contribution in [0.15, 0.2) is 36.4 Å². The Hall–Kier alpha value is -1.78. The third kappa shape index (κ3) is 3.50. The summed E-state index contributed by atoms with van der Waals surface area (Å²) in [5.41, 5.74) is 0. The van der Waals surface area contributed by atoms with E-state index in [1.54, 1.807) is 0 Å². The zero-order valence-electron chi connectivity index (χ0n) is 13.9. The Kier molecular flexibility index (Phi) is 4.86. The zero-order chi connectivity index (χ0) is 16.2. The fourth-order valence-electron chi connectivity index (χ4n) is 3.32. The number of hydrogen-bond donors (Lipinski definition) is 0. The highest BCUT2D eigenvalue weighted by atomic mass is 16.7. The van der Waals surface area contributed by atoms with Gasteiger partial charge in [0.2, 0.25) is 0 Å². The Morgan fingerprint density at radius 1 is 0.750 bits per heavy atom. The molecule has 0 saturated carbocycles. The highest BCUT2D eigenvalue weighted by molar-refractivity contribution is 5.90. The van der Waals surface area contributed by atoms with E-state index in [1.807, 2.05) is 18.2 Å². The highest BCUT2D eigenvalue weighted by Crippen LogP contribution is 2.38. The first-order chi connectivity index (χ1) is 11.9. The number of benzene rings is 2. The molecule has 2 saturated heterocycles. The molecule has 2 aliphatic heterocycles. The molecule has 2 unspecified atom stereocenters. The lowest BCUT2D eigenvalue weighted by molar-refractivity contribution is -0.118. The van der Waals surface area contributed by atoms with Gasteiger partial charge in [-0.1, -0.05) is 30.3 Å². The number of rotatable bonds is 4. The Morgan fingerprint density at radius 2 is 1.46 bits per heavy atom. The van der Waals surface area contributed by atoms with Gasteiger partial charge in [0, 0.05) is 18.2 Å². The van der Waals surface area contributed by atoms with Crippen LogP contribution in [0.4, 0.5) is 0 Å². The fraction of sp³-hybridized carbons (Fsp3) is 0.500. The second-order valence-electron chi connectivity index (χ2n) is 6.44. The summed E-state index contributed by atoms with van der Waals surface area (Å²) in [7, 11) is 0. The van der Waals surface area contributed by atoms with E-state index in [2.05, 4.69) is 18.2 Å². The molecule has 2 aliphatic rings. The lowest BCUT2D eigenvalue weighted by atomic mass is 10.1. The van der Waals surface area contributed by atoms with Crippen LogP contribution < -0.4 is 9.47 Å². The van der Waals surface area contributed by atoms with E-state index < -0.39 is 0 Å². The molecule has 4 rings (SSSR count). The van der Waals surface area contributed by atoms with Gasteiger partial charge >= 0.3 is 0 Å². The van der Waals surface area contributed by atoms with Crippen molar-refractivity contribution in [3.05, 3.63) is 36.4 Å². The molecule has 0 spiro atoms. The maximum absolute atomic E-state index is 6.24. The summed E-state index contributed by atoms with van der Waals surface area (Å²) >= 11 is 0. The topological polar surface area (TPSA) is 36.9 Å². The molecule has 0 amide bonds. The van der Waals surface area contributed by atoms with Gasteiger partial charge in [-0.05, 0) is 37.1 Å². The Morgan fingerprint density at radius 3 is 2.17 bits per heavy atom. The summed E-state index contributed by atoms with van der Waals surface area (Å²) in [6, 6.07) is 12.3. The van der Waals surface area contributed by atoms with E-state index in [0.717, 1.165) is 74.0 Å². The molecule has 0 aromatic heterocycles. The average molecular weight is 328 g/mol. The zero-order valence-corrected chi connectivity index (χ0v) is 13.9. The van der Waals surface area contributed by atoms with Crippen molar-refractivity contribution in [1.29, 1.82) is 0 Å². The van der Waals surface area contributed by atoms with Gasteiger partial charge < -0.3 is 18.9 Å². The van der Waals surface area contributed by atoms with Crippen LogP contribution in [0, 0.1) is 0 Å². The van der Waals surface area contributed by atoms with Crippen LogP contribution in [0.5, 0.6) is 11.5 Å². The second-order valence-corrected chi connectivity index (χ2v) is 6.44. The third-order valence-electron chi connectivity index (χ3n) is 4.63. The summed E-state index contributed by atoms with van der Waals surface area (Å²) in [5.74, 6) is 1.52. The van der Waals surface area contributed by atoms with Gasteiger partial charge in [0.15, 0.2) is 24.1 Å². The van der Waals surface area contributed by atoms with E-state index >= 15 is 0 Å². The standard InChI is InChI=1S/C20H24O4/c1-2-8-16-15(7-1)11-12-17(23-18-9-3-5-13-21-18)20(16)24-19-10-4-6-14-22-19/h1-2,7-8,11-12,18-19H,3-6,9-10,13-14H2. The normalized spacial score (nSPS) is 24.7. The number of fused-ring (bicyclic) bond motifs is 1. The van der Waals surface area contributed by atoms with Crippen molar-refractivity contribution in [2.75, 3.05) is 13.2 Å². The van der Waals surface area contributed by atoms with Gasteiger partial charge in [-0.2, -0.15) is 0 Å². The smallest absolute Gasteiger partial charge is 0.200 e. The van der Waals surface area contributed by atoms with Gasteiger partial charge in [0.1, 0.15) is 0 Å².